The van der Waals surface area contributed by atoms with Crippen LogP contribution in [0.15, 0.2) is 47.5 Å². The number of aromatic nitrogens is 3. The Hall–Kier alpha value is -3.09. The largest absolute Gasteiger partial charge is 0.494 e. The zero-order valence-corrected chi connectivity index (χ0v) is 16.7. The van der Waals surface area contributed by atoms with Gasteiger partial charge < -0.3 is 14.2 Å². The standard InChI is InChI=1S/C22H26N4O3/c1-2-29-18-8-6-17(7-9-18)19-16-20-22(28)25(14-15-26(20)23-19)13-10-21(27)24-11-4-3-5-12-24/h6-9,14-16H,2-5,10-13H2,1H3. The monoisotopic (exact) mass is 394 g/mol. The normalized spacial score (nSPS) is 14.3. The zero-order chi connectivity index (χ0) is 20.2. The van der Waals surface area contributed by atoms with E-state index < -0.39 is 0 Å². The smallest absolute Gasteiger partial charge is 0.276 e. The topological polar surface area (TPSA) is 68.8 Å². The molecular weight excluding hydrogens is 368 g/mol. The Labute approximate surface area is 169 Å². The molecule has 0 radical (unpaired) electrons. The molecule has 7 nitrogen and oxygen atoms in total. The van der Waals surface area contributed by atoms with Gasteiger partial charge in [-0.2, -0.15) is 5.10 Å². The van der Waals surface area contributed by atoms with Crippen LogP contribution >= 0.6 is 0 Å². The van der Waals surface area contributed by atoms with Gasteiger partial charge in [-0.1, -0.05) is 0 Å². The Kier molecular flexibility index (Phi) is 5.64. The van der Waals surface area contributed by atoms with Gasteiger partial charge in [-0.05, 0) is 56.5 Å². The van der Waals surface area contributed by atoms with E-state index in [4.69, 9.17) is 4.74 Å². The molecule has 4 rings (SSSR count). The van der Waals surface area contributed by atoms with Crippen molar-refractivity contribution in [2.24, 2.45) is 0 Å². The molecule has 0 aliphatic carbocycles. The molecule has 0 bridgehead atoms. The number of piperidine rings is 1. The predicted molar refractivity (Wildman–Crippen MR) is 111 cm³/mol. The highest BCUT2D eigenvalue weighted by atomic mass is 16.5. The van der Waals surface area contributed by atoms with Crippen molar-refractivity contribution < 1.29 is 9.53 Å². The van der Waals surface area contributed by atoms with Gasteiger partial charge in [-0.3, -0.25) is 9.59 Å². The van der Waals surface area contributed by atoms with Gasteiger partial charge in [0, 0.05) is 44.0 Å². The fraction of sp³-hybridized carbons (Fsp3) is 0.409. The van der Waals surface area contributed by atoms with Crippen molar-refractivity contribution in [1.29, 1.82) is 0 Å². The Morgan fingerprint density at radius 2 is 1.86 bits per heavy atom. The van der Waals surface area contributed by atoms with Crippen LogP contribution in [-0.4, -0.2) is 44.7 Å². The first-order valence-electron chi connectivity index (χ1n) is 10.3. The quantitative estimate of drug-likeness (QED) is 0.645. The molecule has 3 aromatic rings. The SMILES string of the molecule is CCOc1ccc(-c2cc3c(=O)n(CCC(=O)N4CCCCC4)ccn3n2)cc1. The minimum Gasteiger partial charge on any atom is -0.494 e. The van der Waals surface area contributed by atoms with Gasteiger partial charge >= 0.3 is 0 Å². The van der Waals surface area contributed by atoms with E-state index in [1.165, 1.54) is 6.42 Å². The Morgan fingerprint density at radius 1 is 1.10 bits per heavy atom. The predicted octanol–water partition coefficient (Wildman–Crippen LogP) is 2.96. The van der Waals surface area contributed by atoms with Crippen molar-refractivity contribution in [3.05, 3.63) is 53.1 Å². The number of aryl methyl sites for hydroxylation is 1. The highest BCUT2D eigenvalue weighted by Gasteiger charge is 2.17. The summed E-state index contributed by atoms with van der Waals surface area (Å²) >= 11 is 0. The zero-order valence-electron chi connectivity index (χ0n) is 16.7. The number of fused-ring (bicyclic) bond motifs is 1. The molecule has 29 heavy (non-hydrogen) atoms. The van der Waals surface area contributed by atoms with E-state index in [-0.39, 0.29) is 11.5 Å². The van der Waals surface area contributed by atoms with Gasteiger partial charge in [0.25, 0.3) is 5.56 Å². The third-order valence-corrected chi connectivity index (χ3v) is 5.34. The number of carbonyl (C=O) groups is 1. The third kappa shape index (κ3) is 4.18. The lowest BCUT2D eigenvalue weighted by Gasteiger charge is -2.26. The van der Waals surface area contributed by atoms with E-state index in [0.29, 0.717) is 25.1 Å². The van der Waals surface area contributed by atoms with Crippen LogP contribution in [0.4, 0.5) is 0 Å². The van der Waals surface area contributed by atoms with Gasteiger partial charge in [0.15, 0.2) is 0 Å². The Bertz CT molecular complexity index is 1050. The number of rotatable bonds is 6. The maximum Gasteiger partial charge on any atom is 0.276 e. The van der Waals surface area contributed by atoms with Crippen LogP contribution in [0.25, 0.3) is 16.8 Å². The van der Waals surface area contributed by atoms with Gasteiger partial charge in [0.2, 0.25) is 5.91 Å². The van der Waals surface area contributed by atoms with Crippen LogP contribution in [-0.2, 0) is 11.3 Å². The second-order valence-electron chi connectivity index (χ2n) is 7.30. The molecule has 1 amide bonds. The maximum absolute atomic E-state index is 12.9. The lowest BCUT2D eigenvalue weighted by atomic mass is 10.1. The van der Waals surface area contributed by atoms with Crippen LogP contribution in [0.5, 0.6) is 5.75 Å². The summed E-state index contributed by atoms with van der Waals surface area (Å²) in [5, 5.41) is 4.52. The van der Waals surface area contributed by atoms with Crippen molar-refractivity contribution in [3.8, 4) is 17.0 Å². The number of nitrogens with zero attached hydrogens (tertiary/aromatic N) is 4. The van der Waals surface area contributed by atoms with Crippen molar-refractivity contribution in [1.82, 2.24) is 19.1 Å². The molecule has 0 unspecified atom stereocenters. The molecule has 1 aliphatic heterocycles. The molecule has 1 aromatic carbocycles. The molecule has 0 N–H and O–H groups in total. The molecule has 1 aliphatic rings. The molecule has 2 aromatic heterocycles. The third-order valence-electron chi connectivity index (χ3n) is 5.34. The summed E-state index contributed by atoms with van der Waals surface area (Å²) in [6.07, 6.45) is 7.14. The summed E-state index contributed by atoms with van der Waals surface area (Å²) in [7, 11) is 0. The second-order valence-corrected chi connectivity index (χ2v) is 7.30. The van der Waals surface area contributed by atoms with Crippen molar-refractivity contribution in [3.63, 3.8) is 0 Å². The van der Waals surface area contributed by atoms with E-state index >= 15 is 0 Å². The number of benzene rings is 1. The van der Waals surface area contributed by atoms with Crippen LogP contribution in [0, 0.1) is 0 Å². The van der Waals surface area contributed by atoms with Gasteiger partial charge in [0.1, 0.15) is 11.3 Å². The minimum atomic E-state index is -0.136. The van der Waals surface area contributed by atoms with E-state index in [0.717, 1.165) is 42.9 Å². The van der Waals surface area contributed by atoms with Crippen LogP contribution in [0.3, 0.4) is 0 Å². The number of amides is 1. The van der Waals surface area contributed by atoms with Crippen LogP contribution in [0.1, 0.15) is 32.6 Å². The first-order chi connectivity index (χ1) is 14.2. The number of carbonyl (C=O) groups excluding carboxylic acids is 1. The molecule has 1 fully saturated rings. The molecule has 1 saturated heterocycles. The van der Waals surface area contributed by atoms with Gasteiger partial charge in [0.05, 0.1) is 12.3 Å². The van der Waals surface area contributed by atoms with E-state index in [1.54, 1.807) is 27.5 Å². The lowest BCUT2D eigenvalue weighted by Crippen LogP contribution is -2.36. The van der Waals surface area contributed by atoms with E-state index in [1.807, 2.05) is 36.1 Å². The molecule has 0 spiro atoms. The molecular formula is C22H26N4O3. The molecule has 7 heteroatoms. The summed E-state index contributed by atoms with van der Waals surface area (Å²) in [6, 6.07) is 9.45. The molecule has 0 atom stereocenters. The van der Waals surface area contributed by atoms with E-state index in [9.17, 15) is 9.59 Å². The minimum absolute atomic E-state index is 0.125. The summed E-state index contributed by atoms with van der Waals surface area (Å²) in [5.41, 5.74) is 2.01. The summed E-state index contributed by atoms with van der Waals surface area (Å²) in [5.74, 6) is 0.931. The highest BCUT2D eigenvalue weighted by molar-refractivity contribution is 5.76. The summed E-state index contributed by atoms with van der Waals surface area (Å²) in [4.78, 5) is 27.2. The van der Waals surface area contributed by atoms with Crippen LogP contribution in [0.2, 0.25) is 0 Å². The van der Waals surface area contributed by atoms with Crippen molar-refractivity contribution in [2.45, 2.75) is 39.2 Å². The fourth-order valence-corrected chi connectivity index (χ4v) is 3.75. The van der Waals surface area contributed by atoms with Crippen molar-refractivity contribution >= 4 is 11.4 Å². The molecule has 3 heterocycles. The first kappa shape index (κ1) is 19.2. The second kappa shape index (κ2) is 8.51. The average Bonchev–Trinajstić information content (AvgIpc) is 3.20. The Morgan fingerprint density at radius 3 is 2.59 bits per heavy atom. The maximum atomic E-state index is 12.9. The molecule has 0 saturated carbocycles. The average molecular weight is 394 g/mol. The Balaban J connectivity index is 1.51. The molecule has 152 valence electrons. The highest BCUT2D eigenvalue weighted by Crippen LogP contribution is 2.22. The fourth-order valence-electron chi connectivity index (χ4n) is 3.75. The summed E-state index contributed by atoms with van der Waals surface area (Å²) in [6.45, 7) is 4.62. The van der Waals surface area contributed by atoms with Gasteiger partial charge in [-0.15, -0.1) is 0 Å². The lowest BCUT2D eigenvalue weighted by molar-refractivity contribution is -0.132. The summed E-state index contributed by atoms with van der Waals surface area (Å²) < 4.78 is 8.66. The first-order valence-corrected chi connectivity index (χ1v) is 10.3. The van der Waals surface area contributed by atoms with E-state index in [2.05, 4.69) is 5.10 Å². The number of ether oxygens (including phenoxy) is 1. The van der Waals surface area contributed by atoms with Gasteiger partial charge in [-0.25, -0.2) is 4.52 Å². The van der Waals surface area contributed by atoms with Crippen molar-refractivity contribution in [2.75, 3.05) is 19.7 Å². The van der Waals surface area contributed by atoms with Crippen LogP contribution < -0.4 is 10.3 Å². The number of hydrogen-bond acceptors (Lipinski definition) is 4. The number of hydrogen-bond donors (Lipinski definition) is 0. The number of likely N-dealkylation sites (tertiary alicyclic amines) is 1.